The Labute approximate surface area is 161 Å². The Morgan fingerprint density at radius 2 is 1.79 bits per heavy atom. The van der Waals surface area contributed by atoms with E-state index in [1.807, 2.05) is 30.3 Å². The van der Waals surface area contributed by atoms with Gasteiger partial charge in [0.15, 0.2) is 5.65 Å². The minimum Gasteiger partial charge on any atom is -0.383 e. The summed E-state index contributed by atoms with van der Waals surface area (Å²) in [5.41, 5.74) is 9.28. The molecule has 5 rings (SSSR count). The van der Waals surface area contributed by atoms with E-state index in [1.54, 1.807) is 16.8 Å². The zero-order valence-electron chi connectivity index (χ0n) is 15.1. The van der Waals surface area contributed by atoms with Crippen LogP contribution < -0.4 is 11.1 Å². The van der Waals surface area contributed by atoms with Gasteiger partial charge in [-0.25, -0.2) is 14.1 Å². The van der Waals surface area contributed by atoms with Gasteiger partial charge in [0.25, 0.3) is 0 Å². The summed E-state index contributed by atoms with van der Waals surface area (Å²) in [7, 11) is 0. The van der Waals surface area contributed by atoms with Crippen LogP contribution in [0.2, 0.25) is 0 Å². The molecule has 1 aliphatic carbocycles. The molecule has 0 spiro atoms. The molecule has 6 nitrogen and oxygen atoms in total. The number of aromatic nitrogens is 4. The Kier molecular flexibility index (Phi) is 3.93. The molecule has 28 heavy (non-hydrogen) atoms. The first-order valence-corrected chi connectivity index (χ1v) is 9.30. The van der Waals surface area contributed by atoms with Crippen molar-refractivity contribution in [1.29, 1.82) is 0 Å². The minimum atomic E-state index is -0.310. The number of anilines is 2. The number of hydrogen-bond donors (Lipinski definition) is 2. The Morgan fingerprint density at radius 1 is 1.04 bits per heavy atom. The molecule has 0 atom stereocenters. The van der Waals surface area contributed by atoms with Crippen LogP contribution in [-0.2, 0) is 0 Å². The molecule has 0 bridgehead atoms. The SMILES string of the molecule is Nc1c2c(-c3ccccc3)nc(NCC3CC3)nc2nn1-c1ccc(F)cc1. The largest absolute Gasteiger partial charge is 0.383 e. The summed E-state index contributed by atoms with van der Waals surface area (Å²) in [4.78, 5) is 9.31. The standard InChI is InChI=1S/C21H19FN6/c22-15-8-10-16(11-9-15)28-19(23)17-18(14-4-2-1-3-5-14)25-21(26-20(17)27-28)24-12-13-6-7-13/h1-5,8-11,13H,6-7,12,23H2,(H,24,26,27). The first kappa shape index (κ1) is 16.7. The van der Waals surface area contributed by atoms with Gasteiger partial charge in [-0.05, 0) is 43.0 Å². The van der Waals surface area contributed by atoms with Gasteiger partial charge >= 0.3 is 0 Å². The normalized spacial score (nSPS) is 13.8. The number of rotatable bonds is 5. The highest BCUT2D eigenvalue weighted by molar-refractivity contribution is 5.99. The molecule has 0 radical (unpaired) electrons. The number of nitrogen functional groups attached to an aromatic ring is 1. The van der Waals surface area contributed by atoms with E-state index in [4.69, 9.17) is 10.7 Å². The zero-order chi connectivity index (χ0) is 19.1. The van der Waals surface area contributed by atoms with E-state index >= 15 is 0 Å². The number of nitrogens with zero attached hydrogens (tertiary/aromatic N) is 4. The lowest BCUT2D eigenvalue weighted by Crippen LogP contribution is -2.07. The Morgan fingerprint density at radius 3 is 2.50 bits per heavy atom. The maximum absolute atomic E-state index is 13.3. The molecule has 3 N–H and O–H groups in total. The lowest BCUT2D eigenvalue weighted by Gasteiger charge is -2.08. The highest BCUT2D eigenvalue weighted by Crippen LogP contribution is 2.33. The number of halogens is 1. The van der Waals surface area contributed by atoms with E-state index < -0.39 is 0 Å². The van der Waals surface area contributed by atoms with Gasteiger partial charge in [0.05, 0.1) is 16.8 Å². The number of nitrogens with two attached hydrogens (primary N) is 1. The Balaban J connectivity index is 1.68. The molecular formula is C21H19FN6. The van der Waals surface area contributed by atoms with E-state index in [1.165, 1.54) is 25.0 Å². The molecule has 1 fully saturated rings. The van der Waals surface area contributed by atoms with Crippen LogP contribution in [-0.4, -0.2) is 26.3 Å². The molecule has 0 unspecified atom stereocenters. The summed E-state index contributed by atoms with van der Waals surface area (Å²) in [5, 5.41) is 8.59. The molecule has 7 heteroatoms. The second-order valence-electron chi connectivity index (χ2n) is 7.06. The summed E-state index contributed by atoms with van der Waals surface area (Å²) >= 11 is 0. The van der Waals surface area contributed by atoms with Crippen molar-refractivity contribution in [2.24, 2.45) is 5.92 Å². The second-order valence-corrected chi connectivity index (χ2v) is 7.06. The van der Waals surface area contributed by atoms with E-state index in [9.17, 15) is 4.39 Å². The van der Waals surface area contributed by atoms with Crippen molar-refractivity contribution in [1.82, 2.24) is 19.7 Å². The van der Waals surface area contributed by atoms with Gasteiger partial charge < -0.3 is 11.1 Å². The van der Waals surface area contributed by atoms with Crippen LogP contribution in [0.3, 0.4) is 0 Å². The molecule has 0 amide bonds. The number of nitrogens with one attached hydrogen (secondary N) is 1. The van der Waals surface area contributed by atoms with E-state index in [0.29, 0.717) is 34.4 Å². The lowest BCUT2D eigenvalue weighted by atomic mass is 10.1. The van der Waals surface area contributed by atoms with Gasteiger partial charge in [-0.2, -0.15) is 4.98 Å². The molecule has 140 valence electrons. The minimum absolute atomic E-state index is 0.310. The monoisotopic (exact) mass is 374 g/mol. The topological polar surface area (TPSA) is 81.7 Å². The maximum atomic E-state index is 13.3. The first-order valence-electron chi connectivity index (χ1n) is 9.30. The van der Waals surface area contributed by atoms with Crippen LogP contribution in [0.1, 0.15) is 12.8 Å². The third kappa shape index (κ3) is 3.05. The van der Waals surface area contributed by atoms with Crippen LogP contribution in [0.4, 0.5) is 16.2 Å². The first-order chi connectivity index (χ1) is 13.7. The van der Waals surface area contributed by atoms with Crippen LogP contribution in [0.25, 0.3) is 28.0 Å². The predicted molar refractivity (Wildman–Crippen MR) is 108 cm³/mol. The molecule has 0 aliphatic heterocycles. The van der Waals surface area contributed by atoms with Crippen molar-refractivity contribution < 1.29 is 4.39 Å². The lowest BCUT2D eigenvalue weighted by molar-refractivity contribution is 0.627. The van der Waals surface area contributed by atoms with Gasteiger partial charge in [-0.15, -0.1) is 5.10 Å². The Bertz CT molecular complexity index is 1130. The molecule has 4 aromatic rings. The van der Waals surface area contributed by atoms with E-state index in [-0.39, 0.29) is 5.82 Å². The highest BCUT2D eigenvalue weighted by Gasteiger charge is 2.23. The molecule has 2 heterocycles. The highest BCUT2D eigenvalue weighted by atomic mass is 19.1. The van der Waals surface area contributed by atoms with Crippen LogP contribution in [0.15, 0.2) is 54.6 Å². The molecule has 0 saturated heterocycles. The van der Waals surface area contributed by atoms with Gasteiger partial charge in [0, 0.05) is 12.1 Å². The maximum Gasteiger partial charge on any atom is 0.225 e. The van der Waals surface area contributed by atoms with E-state index in [0.717, 1.165) is 17.8 Å². The van der Waals surface area contributed by atoms with Crippen molar-refractivity contribution in [2.75, 3.05) is 17.6 Å². The number of benzene rings is 2. The smallest absolute Gasteiger partial charge is 0.225 e. The average Bonchev–Trinajstić information content (AvgIpc) is 3.50. The van der Waals surface area contributed by atoms with Crippen LogP contribution in [0.5, 0.6) is 0 Å². The third-order valence-electron chi connectivity index (χ3n) is 4.93. The number of hydrogen-bond acceptors (Lipinski definition) is 5. The van der Waals surface area contributed by atoms with Gasteiger partial charge in [-0.1, -0.05) is 30.3 Å². The third-order valence-corrected chi connectivity index (χ3v) is 4.93. The average molecular weight is 374 g/mol. The van der Waals surface area contributed by atoms with Crippen molar-refractivity contribution >= 4 is 22.8 Å². The van der Waals surface area contributed by atoms with Gasteiger partial charge in [-0.3, -0.25) is 0 Å². The molecule has 2 aromatic carbocycles. The summed E-state index contributed by atoms with van der Waals surface area (Å²) in [6, 6.07) is 15.9. The predicted octanol–water partition coefficient (Wildman–Crippen LogP) is 4.03. The number of fused-ring (bicyclic) bond motifs is 1. The van der Waals surface area contributed by atoms with Gasteiger partial charge in [0.2, 0.25) is 5.95 Å². The molecule has 1 aliphatic rings. The summed E-state index contributed by atoms with van der Waals surface area (Å²) in [6.07, 6.45) is 2.49. The van der Waals surface area contributed by atoms with Crippen molar-refractivity contribution in [3.63, 3.8) is 0 Å². The van der Waals surface area contributed by atoms with Crippen molar-refractivity contribution in [3.8, 4) is 16.9 Å². The molecule has 1 saturated carbocycles. The van der Waals surface area contributed by atoms with E-state index in [2.05, 4.69) is 15.4 Å². The summed E-state index contributed by atoms with van der Waals surface area (Å²) in [5.74, 6) is 1.35. The fourth-order valence-electron chi connectivity index (χ4n) is 3.23. The van der Waals surface area contributed by atoms with Gasteiger partial charge in [0.1, 0.15) is 11.6 Å². The van der Waals surface area contributed by atoms with Crippen LogP contribution in [0, 0.1) is 11.7 Å². The zero-order valence-corrected chi connectivity index (χ0v) is 15.1. The molecule has 2 aromatic heterocycles. The van der Waals surface area contributed by atoms with Crippen LogP contribution >= 0.6 is 0 Å². The summed E-state index contributed by atoms with van der Waals surface area (Å²) in [6.45, 7) is 0.855. The fraction of sp³-hybridized carbons (Fsp3) is 0.190. The molecular weight excluding hydrogens is 355 g/mol. The second kappa shape index (κ2) is 6.60. The fourth-order valence-corrected chi connectivity index (χ4v) is 3.23. The van der Waals surface area contributed by atoms with Crippen molar-refractivity contribution in [2.45, 2.75) is 12.8 Å². The quantitative estimate of drug-likeness (QED) is 0.551. The Hall–Kier alpha value is -3.48. The van der Waals surface area contributed by atoms with Crippen molar-refractivity contribution in [3.05, 3.63) is 60.4 Å². The summed E-state index contributed by atoms with van der Waals surface area (Å²) < 4.78 is 14.9.